The van der Waals surface area contributed by atoms with Gasteiger partial charge in [-0.15, -0.1) is 24.0 Å². The second kappa shape index (κ2) is 10.9. The topological polar surface area (TPSA) is 62.4 Å². The van der Waals surface area contributed by atoms with Crippen molar-refractivity contribution in [2.24, 2.45) is 10.7 Å². The number of rotatable bonds is 7. The summed E-state index contributed by atoms with van der Waals surface area (Å²) in [7, 11) is 0. The van der Waals surface area contributed by atoms with E-state index in [2.05, 4.69) is 46.8 Å². The van der Waals surface area contributed by atoms with Gasteiger partial charge < -0.3 is 16.4 Å². The molecule has 0 saturated carbocycles. The number of anilines is 2. The number of benzene rings is 2. The van der Waals surface area contributed by atoms with Crippen LogP contribution in [0.15, 0.2) is 59.6 Å². The number of guanidine groups is 1. The number of hydrogen-bond donors (Lipinski definition) is 3. The summed E-state index contributed by atoms with van der Waals surface area (Å²) in [5.74, 6) is 0.462. The van der Waals surface area contributed by atoms with Crippen molar-refractivity contribution >= 4 is 41.3 Å². The molecule has 0 aliphatic heterocycles. The Morgan fingerprint density at radius 1 is 1.00 bits per heavy atom. The number of para-hydroxylation sites is 1. The molecule has 0 aliphatic rings. The van der Waals surface area contributed by atoms with Crippen LogP contribution in [-0.2, 0) is 6.42 Å². The van der Waals surface area contributed by atoms with E-state index in [1.165, 1.54) is 5.56 Å². The molecule has 0 atom stereocenters. The minimum atomic E-state index is 0. The van der Waals surface area contributed by atoms with E-state index in [0.29, 0.717) is 12.5 Å². The largest absolute Gasteiger partial charge is 0.385 e. The molecule has 0 spiro atoms. The summed E-state index contributed by atoms with van der Waals surface area (Å²) in [6.45, 7) is 3.72. The van der Waals surface area contributed by atoms with Gasteiger partial charge in [0.1, 0.15) is 0 Å². The van der Waals surface area contributed by atoms with E-state index in [4.69, 9.17) is 5.73 Å². The van der Waals surface area contributed by atoms with Crippen LogP contribution in [0.25, 0.3) is 0 Å². The van der Waals surface area contributed by atoms with Gasteiger partial charge in [-0.3, -0.25) is 4.99 Å². The summed E-state index contributed by atoms with van der Waals surface area (Å²) < 4.78 is 0. The Labute approximate surface area is 155 Å². The van der Waals surface area contributed by atoms with Gasteiger partial charge in [-0.05, 0) is 42.7 Å². The quantitative estimate of drug-likeness (QED) is 0.272. The van der Waals surface area contributed by atoms with Crippen molar-refractivity contribution in [2.75, 3.05) is 23.7 Å². The third-order valence-electron chi connectivity index (χ3n) is 3.35. The lowest BCUT2D eigenvalue weighted by molar-refractivity contribution is 0.873. The molecule has 0 fully saturated rings. The molecule has 0 saturated heterocycles. The van der Waals surface area contributed by atoms with Crippen LogP contribution < -0.4 is 16.4 Å². The summed E-state index contributed by atoms with van der Waals surface area (Å²) in [5.41, 5.74) is 9.31. The fraction of sp³-hybridized carbons (Fsp3) is 0.278. The number of aliphatic imine (C=N–C) groups is 1. The third kappa shape index (κ3) is 7.36. The van der Waals surface area contributed by atoms with Gasteiger partial charge in [0.05, 0.1) is 0 Å². The fourth-order valence-corrected chi connectivity index (χ4v) is 2.08. The first-order valence-electron chi connectivity index (χ1n) is 7.72. The van der Waals surface area contributed by atoms with Crippen molar-refractivity contribution in [3.05, 3.63) is 60.2 Å². The zero-order valence-electron chi connectivity index (χ0n) is 13.5. The summed E-state index contributed by atoms with van der Waals surface area (Å²) in [4.78, 5) is 4.34. The Morgan fingerprint density at radius 2 is 1.70 bits per heavy atom. The van der Waals surface area contributed by atoms with Crippen LogP contribution in [0.4, 0.5) is 11.4 Å². The smallest absolute Gasteiger partial charge is 0.193 e. The number of nitrogens with one attached hydrogen (secondary N) is 2. The number of nitrogens with two attached hydrogens (primary N) is 1. The van der Waals surface area contributed by atoms with Crippen LogP contribution in [0, 0.1) is 0 Å². The maximum absolute atomic E-state index is 5.89. The van der Waals surface area contributed by atoms with Crippen molar-refractivity contribution in [2.45, 2.75) is 19.8 Å². The van der Waals surface area contributed by atoms with E-state index < -0.39 is 0 Å². The molecule has 4 N–H and O–H groups in total. The molecule has 2 aromatic rings. The number of aryl methyl sites for hydroxylation is 1. The minimum Gasteiger partial charge on any atom is -0.385 e. The highest BCUT2D eigenvalue weighted by atomic mass is 127. The Bertz CT molecular complexity index is 582. The van der Waals surface area contributed by atoms with Gasteiger partial charge in [-0.25, -0.2) is 0 Å². The molecule has 0 amide bonds. The summed E-state index contributed by atoms with van der Waals surface area (Å²) in [6.07, 6.45) is 1.98. The third-order valence-corrected chi connectivity index (χ3v) is 3.35. The van der Waals surface area contributed by atoms with Crippen molar-refractivity contribution in [3.63, 3.8) is 0 Å². The predicted octanol–water partition coefficient (Wildman–Crippen LogP) is 4.10. The Hall–Kier alpha value is -1.76. The van der Waals surface area contributed by atoms with Crippen LogP contribution in [0.2, 0.25) is 0 Å². The summed E-state index contributed by atoms with van der Waals surface area (Å²) in [5, 5.41) is 6.46. The minimum absolute atomic E-state index is 0. The molecule has 2 aromatic carbocycles. The highest BCUT2D eigenvalue weighted by Crippen LogP contribution is 2.09. The van der Waals surface area contributed by atoms with Gasteiger partial charge >= 0.3 is 0 Å². The normalized spacial score (nSPS) is 10.7. The van der Waals surface area contributed by atoms with Gasteiger partial charge in [-0.1, -0.05) is 37.3 Å². The van der Waals surface area contributed by atoms with Crippen LogP contribution in [0.1, 0.15) is 18.9 Å². The van der Waals surface area contributed by atoms with Gasteiger partial charge in [-0.2, -0.15) is 0 Å². The lowest BCUT2D eigenvalue weighted by atomic mass is 10.1. The zero-order valence-corrected chi connectivity index (χ0v) is 15.8. The zero-order chi connectivity index (χ0) is 15.6. The molecule has 0 unspecified atom stereocenters. The molecular weight excluding hydrogens is 399 g/mol. The second-order valence-corrected chi connectivity index (χ2v) is 5.09. The maximum atomic E-state index is 5.89. The van der Waals surface area contributed by atoms with E-state index >= 15 is 0 Å². The Balaban J connectivity index is 0.00000264. The molecule has 124 valence electrons. The molecule has 2 rings (SSSR count). The van der Waals surface area contributed by atoms with Crippen molar-refractivity contribution in [3.8, 4) is 0 Å². The molecule has 23 heavy (non-hydrogen) atoms. The lowest BCUT2D eigenvalue weighted by Crippen LogP contribution is -2.23. The lowest BCUT2D eigenvalue weighted by Gasteiger charge is -2.07. The van der Waals surface area contributed by atoms with Crippen LogP contribution in [0.3, 0.4) is 0 Å². The van der Waals surface area contributed by atoms with E-state index in [1.807, 2.05) is 30.3 Å². The SMILES string of the molecule is CCc1ccc(NC(N)=NCCCNc2ccccc2)cc1.I. The molecule has 0 aliphatic carbocycles. The van der Waals surface area contributed by atoms with Crippen molar-refractivity contribution in [1.82, 2.24) is 0 Å². The maximum Gasteiger partial charge on any atom is 0.193 e. The molecule has 0 bridgehead atoms. The predicted molar refractivity (Wildman–Crippen MR) is 111 cm³/mol. The molecule has 4 nitrogen and oxygen atoms in total. The summed E-state index contributed by atoms with van der Waals surface area (Å²) in [6, 6.07) is 18.4. The van der Waals surface area contributed by atoms with Gasteiger partial charge in [0.15, 0.2) is 5.96 Å². The fourth-order valence-electron chi connectivity index (χ4n) is 2.08. The monoisotopic (exact) mass is 424 g/mol. The van der Waals surface area contributed by atoms with E-state index in [-0.39, 0.29) is 24.0 Å². The van der Waals surface area contributed by atoms with Gasteiger partial charge in [0, 0.05) is 24.5 Å². The second-order valence-electron chi connectivity index (χ2n) is 5.09. The standard InChI is InChI=1S/C18H24N4.HI/c1-2-15-9-11-17(12-10-15)22-18(19)21-14-6-13-20-16-7-4-3-5-8-16;/h3-5,7-12,20H,2,6,13-14H2,1H3,(H3,19,21,22);1H. The molecule has 0 radical (unpaired) electrons. The Kier molecular flexibility index (Phi) is 9.12. The molecule has 5 heteroatoms. The first-order valence-corrected chi connectivity index (χ1v) is 7.72. The van der Waals surface area contributed by atoms with E-state index in [9.17, 15) is 0 Å². The Morgan fingerprint density at radius 3 is 2.35 bits per heavy atom. The highest BCUT2D eigenvalue weighted by molar-refractivity contribution is 14.0. The van der Waals surface area contributed by atoms with Crippen molar-refractivity contribution in [1.29, 1.82) is 0 Å². The number of hydrogen-bond acceptors (Lipinski definition) is 2. The molecule has 0 heterocycles. The van der Waals surface area contributed by atoms with E-state index in [0.717, 1.165) is 30.8 Å². The average Bonchev–Trinajstić information content (AvgIpc) is 2.56. The number of nitrogens with zero attached hydrogens (tertiary/aromatic N) is 1. The molecular formula is C18H25IN4. The van der Waals surface area contributed by atoms with Gasteiger partial charge in [0.25, 0.3) is 0 Å². The average molecular weight is 424 g/mol. The van der Waals surface area contributed by atoms with Crippen LogP contribution in [-0.4, -0.2) is 19.0 Å². The first-order chi connectivity index (χ1) is 10.8. The van der Waals surface area contributed by atoms with Gasteiger partial charge in [0.2, 0.25) is 0 Å². The van der Waals surface area contributed by atoms with Crippen LogP contribution >= 0.6 is 24.0 Å². The van der Waals surface area contributed by atoms with Crippen LogP contribution in [0.5, 0.6) is 0 Å². The van der Waals surface area contributed by atoms with Crippen molar-refractivity contribution < 1.29 is 0 Å². The molecule has 0 aromatic heterocycles. The summed E-state index contributed by atoms with van der Waals surface area (Å²) >= 11 is 0. The highest BCUT2D eigenvalue weighted by Gasteiger charge is 1.95. The number of halogens is 1. The van der Waals surface area contributed by atoms with E-state index in [1.54, 1.807) is 0 Å². The first kappa shape index (κ1) is 19.3.